The van der Waals surface area contributed by atoms with Gasteiger partial charge in [0.15, 0.2) is 6.61 Å². The number of ether oxygens (including phenoxy) is 1. The molecule has 1 saturated heterocycles. The van der Waals surface area contributed by atoms with Gasteiger partial charge in [0.1, 0.15) is 0 Å². The van der Waals surface area contributed by atoms with Crippen molar-refractivity contribution < 1.29 is 19.1 Å². The average molecular weight is 407 g/mol. The van der Waals surface area contributed by atoms with Gasteiger partial charge < -0.3 is 15.0 Å². The molecule has 1 N–H and O–H groups in total. The van der Waals surface area contributed by atoms with Crippen molar-refractivity contribution in [3.8, 4) is 0 Å². The summed E-state index contributed by atoms with van der Waals surface area (Å²) in [6.45, 7) is 0.0853. The quantitative estimate of drug-likeness (QED) is 0.763. The summed E-state index contributed by atoms with van der Waals surface area (Å²) in [6, 6.07) is 11.3. The standard InChI is InChI=1S/C19H16Cl2N2O4/c20-13-4-1-2-5-15(13)22-17(24)11-27-19(26)12-7-8-14(21)16(10-12)23-9-3-6-18(23)25/h1-2,4-5,7-8,10H,3,6,9,11H2,(H,22,24). The lowest BCUT2D eigenvalue weighted by Gasteiger charge is -2.18. The Balaban J connectivity index is 1.63. The summed E-state index contributed by atoms with van der Waals surface area (Å²) in [5, 5.41) is 3.32. The Bertz CT molecular complexity index is 901. The van der Waals surface area contributed by atoms with E-state index in [0.717, 1.165) is 6.42 Å². The Kier molecular flexibility index (Phi) is 5.98. The average Bonchev–Trinajstić information content (AvgIpc) is 3.08. The van der Waals surface area contributed by atoms with Crippen molar-refractivity contribution in [1.29, 1.82) is 0 Å². The molecule has 1 fully saturated rings. The Morgan fingerprint density at radius 2 is 1.89 bits per heavy atom. The molecule has 0 bridgehead atoms. The van der Waals surface area contributed by atoms with Gasteiger partial charge in [-0.25, -0.2) is 4.79 Å². The van der Waals surface area contributed by atoms with E-state index in [1.54, 1.807) is 29.2 Å². The third-order valence-corrected chi connectivity index (χ3v) is 4.68. The molecule has 0 saturated carbocycles. The van der Waals surface area contributed by atoms with Gasteiger partial charge in [0.25, 0.3) is 5.91 Å². The number of esters is 1. The predicted octanol–water partition coefficient (Wildman–Crippen LogP) is 3.92. The molecule has 2 aromatic carbocycles. The lowest BCUT2D eigenvalue weighted by Crippen LogP contribution is -2.24. The van der Waals surface area contributed by atoms with Crippen molar-refractivity contribution in [2.75, 3.05) is 23.4 Å². The summed E-state index contributed by atoms with van der Waals surface area (Å²) in [5.41, 5.74) is 1.11. The molecule has 6 nitrogen and oxygen atoms in total. The van der Waals surface area contributed by atoms with Gasteiger partial charge in [0.2, 0.25) is 5.91 Å². The largest absolute Gasteiger partial charge is 0.452 e. The molecule has 1 heterocycles. The van der Waals surface area contributed by atoms with E-state index < -0.39 is 18.5 Å². The molecule has 0 spiro atoms. The first-order chi connectivity index (χ1) is 13.0. The number of hydrogen-bond donors (Lipinski definition) is 1. The Hall–Kier alpha value is -2.57. The van der Waals surface area contributed by atoms with E-state index in [1.165, 1.54) is 18.2 Å². The summed E-state index contributed by atoms with van der Waals surface area (Å²) in [5.74, 6) is -1.24. The van der Waals surface area contributed by atoms with Crippen LogP contribution in [0.5, 0.6) is 0 Å². The first-order valence-electron chi connectivity index (χ1n) is 8.27. The highest BCUT2D eigenvalue weighted by molar-refractivity contribution is 6.34. The predicted molar refractivity (Wildman–Crippen MR) is 103 cm³/mol. The maximum Gasteiger partial charge on any atom is 0.338 e. The van der Waals surface area contributed by atoms with Gasteiger partial charge >= 0.3 is 5.97 Å². The van der Waals surface area contributed by atoms with E-state index in [0.29, 0.717) is 34.4 Å². The lowest BCUT2D eigenvalue weighted by atomic mass is 10.2. The zero-order valence-electron chi connectivity index (χ0n) is 14.2. The minimum absolute atomic E-state index is 0.0402. The molecule has 1 aliphatic rings. The monoisotopic (exact) mass is 406 g/mol. The van der Waals surface area contributed by atoms with Crippen LogP contribution in [-0.2, 0) is 14.3 Å². The van der Waals surface area contributed by atoms with E-state index in [-0.39, 0.29) is 11.5 Å². The van der Waals surface area contributed by atoms with Gasteiger partial charge in [-0.1, -0.05) is 35.3 Å². The molecule has 140 valence electrons. The van der Waals surface area contributed by atoms with Crippen LogP contribution in [0.2, 0.25) is 10.0 Å². The number of amides is 2. The highest BCUT2D eigenvalue weighted by atomic mass is 35.5. The number of rotatable bonds is 5. The maximum atomic E-state index is 12.3. The van der Waals surface area contributed by atoms with Gasteiger partial charge in [0, 0.05) is 13.0 Å². The molecule has 2 amide bonds. The van der Waals surface area contributed by atoms with E-state index in [2.05, 4.69) is 5.32 Å². The number of hydrogen-bond acceptors (Lipinski definition) is 4. The molecule has 8 heteroatoms. The first-order valence-corrected chi connectivity index (χ1v) is 9.02. The number of benzene rings is 2. The number of nitrogens with one attached hydrogen (secondary N) is 1. The Morgan fingerprint density at radius 1 is 1.11 bits per heavy atom. The summed E-state index contributed by atoms with van der Waals surface area (Å²) < 4.78 is 5.05. The van der Waals surface area contributed by atoms with Gasteiger partial charge in [-0.3, -0.25) is 9.59 Å². The zero-order valence-corrected chi connectivity index (χ0v) is 15.7. The Labute approximate surface area is 166 Å². The second kappa shape index (κ2) is 8.41. The first kappa shape index (κ1) is 19.2. The third kappa shape index (κ3) is 4.59. The molecular formula is C19H16Cl2N2O4. The second-order valence-electron chi connectivity index (χ2n) is 5.92. The van der Waals surface area contributed by atoms with Crippen LogP contribution in [0, 0.1) is 0 Å². The second-order valence-corrected chi connectivity index (χ2v) is 6.73. The van der Waals surface area contributed by atoms with Crippen molar-refractivity contribution in [1.82, 2.24) is 0 Å². The minimum Gasteiger partial charge on any atom is -0.452 e. The smallest absolute Gasteiger partial charge is 0.338 e. The molecule has 0 radical (unpaired) electrons. The summed E-state index contributed by atoms with van der Waals surface area (Å²) in [4.78, 5) is 37.7. The number of carbonyl (C=O) groups is 3. The minimum atomic E-state index is -0.686. The van der Waals surface area contributed by atoms with Crippen LogP contribution in [0.3, 0.4) is 0 Å². The van der Waals surface area contributed by atoms with Gasteiger partial charge in [-0.05, 0) is 36.8 Å². The molecule has 0 aliphatic carbocycles. The van der Waals surface area contributed by atoms with Crippen LogP contribution >= 0.6 is 23.2 Å². The molecule has 3 rings (SSSR count). The lowest BCUT2D eigenvalue weighted by molar-refractivity contribution is -0.119. The van der Waals surface area contributed by atoms with Crippen LogP contribution < -0.4 is 10.2 Å². The van der Waals surface area contributed by atoms with Crippen molar-refractivity contribution in [3.05, 3.63) is 58.1 Å². The SMILES string of the molecule is O=C(COC(=O)c1ccc(Cl)c(N2CCCC2=O)c1)Nc1ccccc1Cl. The van der Waals surface area contributed by atoms with Gasteiger partial charge in [-0.15, -0.1) is 0 Å². The van der Waals surface area contributed by atoms with Crippen LogP contribution in [-0.4, -0.2) is 30.9 Å². The van der Waals surface area contributed by atoms with Crippen LogP contribution in [0.1, 0.15) is 23.2 Å². The van der Waals surface area contributed by atoms with Crippen LogP contribution in [0.4, 0.5) is 11.4 Å². The third-order valence-electron chi connectivity index (χ3n) is 4.03. The number of para-hydroxylation sites is 1. The van der Waals surface area contributed by atoms with Crippen molar-refractivity contribution in [3.63, 3.8) is 0 Å². The van der Waals surface area contributed by atoms with Gasteiger partial charge in [-0.2, -0.15) is 0 Å². The van der Waals surface area contributed by atoms with E-state index in [9.17, 15) is 14.4 Å². The molecule has 2 aromatic rings. The normalized spacial score (nSPS) is 13.6. The van der Waals surface area contributed by atoms with E-state index in [1.807, 2.05) is 0 Å². The molecular weight excluding hydrogens is 391 g/mol. The summed E-state index contributed by atoms with van der Waals surface area (Å²) >= 11 is 12.1. The zero-order chi connectivity index (χ0) is 19.4. The van der Waals surface area contributed by atoms with E-state index in [4.69, 9.17) is 27.9 Å². The Morgan fingerprint density at radius 3 is 2.59 bits per heavy atom. The number of carbonyl (C=O) groups excluding carboxylic acids is 3. The van der Waals surface area contributed by atoms with Crippen molar-refractivity contribution >= 4 is 52.4 Å². The van der Waals surface area contributed by atoms with Gasteiger partial charge in [0.05, 0.1) is 27.0 Å². The fourth-order valence-electron chi connectivity index (χ4n) is 2.71. The summed E-state index contributed by atoms with van der Waals surface area (Å²) in [6.07, 6.45) is 1.19. The fourth-order valence-corrected chi connectivity index (χ4v) is 3.12. The molecule has 0 atom stereocenters. The van der Waals surface area contributed by atoms with Crippen LogP contribution in [0.25, 0.3) is 0 Å². The van der Waals surface area contributed by atoms with Crippen molar-refractivity contribution in [2.45, 2.75) is 12.8 Å². The molecule has 0 aromatic heterocycles. The number of anilines is 2. The highest BCUT2D eigenvalue weighted by Crippen LogP contribution is 2.30. The van der Waals surface area contributed by atoms with Crippen LogP contribution in [0.15, 0.2) is 42.5 Å². The van der Waals surface area contributed by atoms with Crippen molar-refractivity contribution in [2.24, 2.45) is 0 Å². The number of halogens is 2. The molecule has 1 aliphatic heterocycles. The fraction of sp³-hybridized carbons (Fsp3) is 0.211. The topological polar surface area (TPSA) is 75.7 Å². The molecule has 0 unspecified atom stereocenters. The highest BCUT2D eigenvalue weighted by Gasteiger charge is 2.24. The summed E-state index contributed by atoms with van der Waals surface area (Å²) in [7, 11) is 0. The molecule has 27 heavy (non-hydrogen) atoms. The number of nitrogens with zero attached hydrogens (tertiary/aromatic N) is 1. The maximum absolute atomic E-state index is 12.3. The van der Waals surface area contributed by atoms with E-state index >= 15 is 0 Å².